The van der Waals surface area contributed by atoms with Gasteiger partial charge < -0.3 is 19.5 Å². The molecule has 4 nitrogen and oxygen atoms in total. The summed E-state index contributed by atoms with van der Waals surface area (Å²) in [5, 5.41) is 3.30. The van der Waals surface area contributed by atoms with Crippen LogP contribution in [0.2, 0.25) is 0 Å². The van der Waals surface area contributed by atoms with Crippen molar-refractivity contribution < 1.29 is 14.2 Å². The third kappa shape index (κ3) is 6.53. The van der Waals surface area contributed by atoms with E-state index in [-0.39, 0.29) is 5.60 Å². The van der Waals surface area contributed by atoms with Crippen molar-refractivity contribution in [2.45, 2.75) is 51.0 Å². The van der Waals surface area contributed by atoms with Crippen LogP contribution in [0.25, 0.3) is 0 Å². The number of nitrogens with one attached hydrogen (secondary N) is 1. The molecule has 0 aromatic heterocycles. The lowest BCUT2D eigenvalue weighted by atomic mass is 9.77. The van der Waals surface area contributed by atoms with Crippen molar-refractivity contribution in [2.75, 3.05) is 47.1 Å². The zero-order valence-electron chi connectivity index (χ0n) is 13.6. The van der Waals surface area contributed by atoms with E-state index < -0.39 is 0 Å². The van der Waals surface area contributed by atoms with Gasteiger partial charge in [0.05, 0.1) is 32.0 Å². The molecule has 0 amide bonds. The lowest BCUT2D eigenvalue weighted by Gasteiger charge is -2.40. The van der Waals surface area contributed by atoms with E-state index in [9.17, 15) is 0 Å². The molecule has 0 spiro atoms. The predicted molar refractivity (Wildman–Crippen MR) is 82.2 cm³/mol. The maximum atomic E-state index is 6.19. The molecule has 120 valence electrons. The normalized spacial score (nSPS) is 26.9. The number of ether oxygens (including phenoxy) is 3. The Labute approximate surface area is 124 Å². The summed E-state index contributed by atoms with van der Waals surface area (Å²) in [7, 11) is 3.70. The van der Waals surface area contributed by atoms with Crippen molar-refractivity contribution in [3.63, 3.8) is 0 Å². The molecule has 1 aliphatic rings. The Morgan fingerprint density at radius 1 is 1.10 bits per heavy atom. The molecular weight excluding hydrogens is 254 g/mol. The van der Waals surface area contributed by atoms with E-state index in [1.165, 1.54) is 38.5 Å². The fourth-order valence-electron chi connectivity index (χ4n) is 3.16. The summed E-state index contributed by atoms with van der Waals surface area (Å²) in [5.74, 6) is 0.909. The highest BCUT2D eigenvalue weighted by Gasteiger charge is 2.35. The Bertz CT molecular complexity index is 228. The summed E-state index contributed by atoms with van der Waals surface area (Å²) in [6, 6.07) is 0. The molecule has 0 unspecified atom stereocenters. The summed E-state index contributed by atoms with van der Waals surface area (Å²) < 4.78 is 16.6. The van der Waals surface area contributed by atoms with Crippen LogP contribution < -0.4 is 5.32 Å². The van der Waals surface area contributed by atoms with Crippen LogP contribution in [0.4, 0.5) is 0 Å². The van der Waals surface area contributed by atoms with Crippen LogP contribution >= 0.6 is 0 Å². The van der Waals surface area contributed by atoms with Crippen LogP contribution in [-0.2, 0) is 14.2 Å². The van der Waals surface area contributed by atoms with E-state index in [4.69, 9.17) is 14.2 Å². The van der Waals surface area contributed by atoms with Gasteiger partial charge in [-0.15, -0.1) is 0 Å². The summed E-state index contributed by atoms with van der Waals surface area (Å²) >= 11 is 0. The zero-order chi connectivity index (χ0) is 14.7. The number of hydrogen-bond acceptors (Lipinski definition) is 4. The summed E-state index contributed by atoms with van der Waals surface area (Å²) in [6.45, 7) is 5.88. The number of rotatable bonds is 11. The first-order chi connectivity index (χ1) is 9.76. The monoisotopic (exact) mass is 287 g/mol. The predicted octanol–water partition coefficient (Wildman–Crippen LogP) is 2.61. The molecule has 0 aliphatic heterocycles. The largest absolute Gasteiger partial charge is 0.382 e. The highest BCUT2D eigenvalue weighted by molar-refractivity contribution is 4.89. The summed E-state index contributed by atoms with van der Waals surface area (Å²) in [5.41, 5.74) is 0.0314. The molecule has 1 fully saturated rings. The van der Waals surface area contributed by atoms with Gasteiger partial charge in [-0.1, -0.05) is 19.8 Å². The highest BCUT2D eigenvalue weighted by Crippen LogP contribution is 2.36. The van der Waals surface area contributed by atoms with Crippen LogP contribution in [0.5, 0.6) is 0 Å². The SMILES string of the molecule is CCCC1CCC(CNC)(OCCOCCOC)CC1. The molecule has 1 N–H and O–H groups in total. The average molecular weight is 287 g/mol. The van der Waals surface area contributed by atoms with E-state index in [1.54, 1.807) is 7.11 Å². The molecule has 1 saturated carbocycles. The first-order valence-corrected chi connectivity index (χ1v) is 8.11. The number of hydrogen-bond donors (Lipinski definition) is 1. The summed E-state index contributed by atoms with van der Waals surface area (Å²) in [4.78, 5) is 0. The van der Waals surface area contributed by atoms with E-state index in [2.05, 4.69) is 12.2 Å². The van der Waals surface area contributed by atoms with E-state index in [0.717, 1.165) is 12.5 Å². The van der Waals surface area contributed by atoms with Crippen molar-refractivity contribution in [2.24, 2.45) is 5.92 Å². The van der Waals surface area contributed by atoms with Gasteiger partial charge in [-0.25, -0.2) is 0 Å². The average Bonchev–Trinajstić information content (AvgIpc) is 2.46. The Morgan fingerprint density at radius 3 is 2.40 bits per heavy atom. The van der Waals surface area contributed by atoms with Crippen molar-refractivity contribution >= 4 is 0 Å². The van der Waals surface area contributed by atoms with E-state index in [0.29, 0.717) is 26.4 Å². The number of methoxy groups -OCH3 is 1. The van der Waals surface area contributed by atoms with Crippen molar-refractivity contribution in [3.05, 3.63) is 0 Å². The van der Waals surface area contributed by atoms with Gasteiger partial charge in [0.1, 0.15) is 0 Å². The fourth-order valence-corrected chi connectivity index (χ4v) is 3.16. The molecule has 0 aromatic carbocycles. The zero-order valence-corrected chi connectivity index (χ0v) is 13.6. The molecule has 0 heterocycles. The molecule has 1 rings (SSSR count). The molecule has 0 aromatic rings. The Hall–Kier alpha value is -0.160. The number of likely N-dealkylation sites (N-methyl/N-ethyl adjacent to an activating group) is 1. The van der Waals surface area contributed by atoms with Gasteiger partial charge in [0.15, 0.2) is 0 Å². The van der Waals surface area contributed by atoms with Gasteiger partial charge in [0.2, 0.25) is 0 Å². The van der Waals surface area contributed by atoms with Gasteiger partial charge in [0, 0.05) is 13.7 Å². The van der Waals surface area contributed by atoms with E-state index >= 15 is 0 Å². The topological polar surface area (TPSA) is 39.7 Å². The Balaban J connectivity index is 2.25. The standard InChI is InChI=1S/C16H33NO3/c1-4-5-15-6-8-16(9-7-15,14-17-2)20-13-12-19-11-10-18-3/h15,17H,4-14H2,1-3H3. The first kappa shape index (κ1) is 17.9. The van der Waals surface area contributed by atoms with Gasteiger partial charge in [-0.2, -0.15) is 0 Å². The Morgan fingerprint density at radius 2 is 1.80 bits per heavy atom. The lowest BCUT2D eigenvalue weighted by Crippen LogP contribution is -2.45. The third-order valence-corrected chi connectivity index (χ3v) is 4.28. The smallest absolute Gasteiger partial charge is 0.0807 e. The Kier molecular flexibility index (Phi) is 9.44. The highest BCUT2D eigenvalue weighted by atomic mass is 16.5. The van der Waals surface area contributed by atoms with Crippen LogP contribution in [0.1, 0.15) is 45.4 Å². The molecule has 1 aliphatic carbocycles. The lowest BCUT2D eigenvalue weighted by molar-refractivity contribution is -0.0940. The van der Waals surface area contributed by atoms with Crippen LogP contribution in [0, 0.1) is 5.92 Å². The second-order valence-electron chi connectivity index (χ2n) is 5.90. The minimum absolute atomic E-state index is 0.0314. The van der Waals surface area contributed by atoms with Gasteiger partial charge >= 0.3 is 0 Å². The molecule has 0 saturated heterocycles. The molecular formula is C16H33NO3. The quantitative estimate of drug-likeness (QED) is 0.593. The maximum absolute atomic E-state index is 6.19. The van der Waals surface area contributed by atoms with Crippen molar-refractivity contribution in [1.82, 2.24) is 5.32 Å². The summed E-state index contributed by atoms with van der Waals surface area (Å²) in [6.07, 6.45) is 7.64. The minimum Gasteiger partial charge on any atom is -0.382 e. The van der Waals surface area contributed by atoms with Crippen LogP contribution in [0.3, 0.4) is 0 Å². The first-order valence-electron chi connectivity index (χ1n) is 8.11. The third-order valence-electron chi connectivity index (χ3n) is 4.28. The second kappa shape index (κ2) is 10.6. The van der Waals surface area contributed by atoms with Crippen molar-refractivity contribution in [3.8, 4) is 0 Å². The maximum Gasteiger partial charge on any atom is 0.0807 e. The molecule has 0 atom stereocenters. The second-order valence-corrected chi connectivity index (χ2v) is 5.90. The van der Waals surface area contributed by atoms with E-state index in [1.807, 2.05) is 7.05 Å². The molecule has 4 heteroatoms. The molecule has 0 bridgehead atoms. The van der Waals surface area contributed by atoms with Gasteiger partial charge in [-0.05, 0) is 38.6 Å². The van der Waals surface area contributed by atoms with Crippen LogP contribution in [0.15, 0.2) is 0 Å². The van der Waals surface area contributed by atoms with Crippen LogP contribution in [-0.4, -0.2) is 52.7 Å². The molecule has 0 radical (unpaired) electrons. The van der Waals surface area contributed by atoms with Crippen molar-refractivity contribution in [1.29, 1.82) is 0 Å². The fraction of sp³-hybridized carbons (Fsp3) is 1.00. The van der Waals surface area contributed by atoms with Gasteiger partial charge in [0.25, 0.3) is 0 Å². The van der Waals surface area contributed by atoms with Gasteiger partial charge in [-0.3, -0.25) is 0 Å². The minimum atomic E-state index is 0.0314. The molecule has 20 heavy (non-hydrogen) atoms.